The third-order valence-electron chi connectivity index (χ3n) is 3.42. The predicted molar refractivity (Wildman–Crippen MR) is 59.1 cm³/mol. The van der Waals surface area contributed by atoms with Gasteiger partial charge in [0.15, 0.2) is 0 Å². The van der Waals surface area contributed by atoms with Gasteiger partial charge in [0.1, 0.15) is 0 Å². The van der Waals surface area contributed by atoms with Gasteiger partial charge in [0.2, 0.25) is 0 Å². The molecule has 74 valence electrons. The molecule has 1 aliphatic carbocycles. The van der Waals surface area contributed by atoms with E-state index in [0.717, 1.165) is 30.8 Å². The van der Waals surface area contributed by atoms with Crippen molar-refractivity contribution in [2.24, 2.45) is 11.8 Å². The Morgan fingerprint density at radius 2 is 1.79 bits per heavy atom. The van der Waals surface area contributed by atoms with E-state index in [2.05, 4.69) is 11.4 Å². The highest BCUT2D eigenvalue weighted by atomic mass is 35.5. The van der Waals surface area contributed by atoms with Gasteiger partial charge in [-0.15, -0.1) is 0 Å². The molecule has 14 heavy (non-hydrogen) atoms. The van der Waals surface area contributed by atoms with E-state index in [1.807, 2.05) is 12.1 Å². The number of fused-ring (bicyclic) bond motifs is 1. The molecule has 1 N–H and O–H groups in total. The van der Waals surface area contributed by atoms with Crippen molar-refractivity contribution in [3.8, 4) is 0 Å². The van der Waals surface area contributed by atoms with Crippen LogP contribution in [0.15, 0.2) is 18.2 Å². The Balaban J connectivity index is 1.88. The Hall–Kier alpha value is -0.240. The molecule has 2 fully saturated rings. The summed E-state index contributed by atoms with van der Waals surface area (Å²) >= 11 is 11.9. The van der Waals surface area contributed by atoms with E-state index in [1.54, 1.807) is 0 Å². The Labute approximate surface area is 93.4 Å². The normalized spacial score (nSPS) is 34.3. The molecule has 1 heterocycles. The second-order valence-electron chi connectivity index (χ2n) is 4.19. The molecule has 0 radical (unpaired) electrons. The summed E-state index contributed by atoms with van der Waals surface area (Å²) in [6.45, 7) is 2.32. The van der Waals surface area contributed by atoms with Gasteiger partial charge in [-0.1, -0.05) is 29.3 Å². The van der Waals surface area contributed by atoms with Crippen LogP contribution < -0.4 is 5.32 Å². The third-order valence-corrected chi connectivity index (χ3v) is 4.16. The Morgan fingerprint density at radius 3 is 2.43 bits per heavy atom. The molecule has 2 unspecified atom stereocenters. The average Bonchev–Trinajstić information content (AvgIpc) is 2.66. The zero-order valence-corrected chi connectivity index (χ0v) is 9.15. The van der Waals surface area contributed by atoms with Gasteiger partial charge in [-0.3, -0.25) is 0 Å². The lowest BCUT2D eigenvalue weighted by Gasteiger charge is -2.05. The minimum Gasteiger partial charge on any atom is -0.316 e. The maximum Gasteiger partial charge on any atom is 0.0595 e. The molecule has 0 amide bonds. The molecular formula is C11H11Cl2N. The quantitative estimate of drug-likeness (QED) is 0.779. The largest absolute Gasteiger partial charge is 0.316 e. The van der Waals surface area contributed by atoms with Crippen LogP contribution in [0.5, 0.6) is 0 Å². The predicted octanol–water partition coefficient (Wildman–Crippen LogP) is 2.93. The first-order chi connectivity index (χ1) is 6.77. The first kappa shape index (κ1) is 9.02. The van der Waals surface area contributed by atoms with Gasteiger partial charge in [-0.2, -0.15) is 0 Å². The van der Waals surface area contributed by atoms with Gasteiger partial charge in [-0.25, -0.2) is 0 Å². The maximum atomic E-state index is 5.99. The SMILES string of the molecule is Clc1ccc(C2C3CNCC32)cc1Cl. The standard InChI is InChI=1S/C11H11Cl2N/c12-9-2-1-6(3-10(9)13)11-7-4-14-5-8(7)11/h1-3,7-8,11,14H,4-5H2. The van der Waals surface area contributed by atoms with E-state index in [9.17, 15) is 0 Å². The van der Waals surface area contributed by atoms with Crippen LogP contribution >= 0.6 is 23.2 Å². The Bertz CT molecular complexity index is 368. The molecule has 0 aromatic heterocycles. The lowest BCUT2D eigenvalue weighted by Crippen LogP contribution is -2.13. The van der Waals surface area contributed by atoms with Crippen LogP contribution in [-0.4, -0.2) is 13.1 Å². The summed E-state index contributed by atoms with van der Waals surface area (Å²) in [5.74, 6) is 2.41. The van der Waals surface area contributed by atoms with Crippen molar-refractivity contribution < 1.29 is 0 Å². The van der Waals surface area contributed by atoms with E-state index in [1.165, 1.54) is 5.56 Å². The second-order valence-corrected chi connectivity index (χ2v) is 5.00. The number of hydrogen-bond donors (Lipinski definition) is 1. The smallest absolute Gasteiger partial charge is 0.0595 e. The Morgan fingerprint density at radius 1 is 1.07 bits per heavy atom. The number of piperidine rings is 1. The number of halogens is 2. The molecule has 1 aromatic carbocycles. The lowest BCUT2D eigenvalue weighted by molar-refractivity contribution is 0.684. The Kier molecular flexibility index (Phi) is 2.01. The van der Waals surface area contributed by atoms with Gasteiger partial charge >= 0.3 is 0 Å². The molecule has 1 aromatic rings. The minimum atomic E-state index is 0.652. The van der Waals surface area contributed by atoms with Crippen LogP contribution in [0.1, 0.15) is 11.5 Å². The fourth-order valence-corrected chi connectivity index (χ4v) is 2.94. The van der Waals surface area contributed by atoms with Crippen LogP contribution in [0.25, 0.3) is 0 Å². The third kappa shape index (κ3) is 1.27. The van der Waals surface area contributed by atoms with Crippen molar-refractivity contribution >= 4 is 23.2 Å². The molecule has 1 nitrogen and oxygen atoms in total. The lowest BCUT2D eigenvalue weighted by atomic mass is 10.1. The summed E-state index contributed by atoms with van der Waals surface area (Å²) in [6, 6.07) is 6.03. The van der Waals surface area contributed by atoms with Gasteiger partial charge in [0.05, 0.1) is 10.0 Å². The van der Waals surface area contributed by atoms with Crippen LogP contribution in [0.2, 0.25) is 10.0 Å². The average molecular weight is 228 g/mol. The van der Waals surface area contributed by atoms with Crippen molar-refractivity contribution in [1.29, 1.82) is 0 Å². The van der Waals surface area contributed by atoms with Crippen LogP contribution in [0.3, 0.4) is 0 Å². The monoisotopic (exact) mass is 227 g/mol. The van der Waals surface area contributed by atoms with Gasteiger partial charge in [0.25, 0.3) is 0 Å². The summed E-state index contributed by atoms with van der Waals surface area (Å²) in [5.41, 5.74) is 1.36. The maximum absolute atomic E-state index is 5.99. The zero-order chi connectivity index (χ0) is 9.71. The van der Waals surface area contributed by atoms with Crippen molar-refractivity contribution in [1.82, 2.24) is 5.32 Å². The van der Waals surface area contributed by atoms with Crippen molar-refractivity contribution in [3.63, 3.8) is 0 Å². The van der Waals surface area contributed by atoms with Crippen molar-refractivity contribution in [2.45, 2.75) is 5.92 Å². The van der Waals surface area contributed by atoms with Gasteiger partial charge < -0.3 is 5.32 Å². The molecule has 2 atom stereocenters. The fraction of sp³-hybridized carbons (Fsp3) is 0.455. The van der Waals surface area contributed by atoms with Crippen LogP contribution in [-0.2, 0) is 0 Å². The van der Waals surface area contributed by atoms with Crippen molar-refractivity contribution in [3.05, 3.63) is 33.8 Å². The summed E-state index contributed by atoms with van der Waals surface area (Å²) in [7, 11) is 0. The number of nitrogens with one attached hydrogen (secondary N) is 1. The second kappa shape index (κ2) is 3.13. The molecule has 1 saturated heterocycles. The molecular weight excluding hydrogens is 217 g/mol. The van der Waals surface area contributed by atoms with E-state index >= 15 is 0 Å². The van der Waals surface area contributed by atoms with Gasteiger partial charge in [-0.05, 0) is 48.5 Å². The van der Waals surface area contributed by atoms with E-state index < -0.39 is 0 Å². The highest BCUT2D eigenvalue weighted by Gasteiger charge is 2.53. The van der Waals surface area contributed by atoms with Crippen molar-refractivity contribution in [2.75, 3.05) is 13.1 Å². The summed E-state index contributed by atoms with van der Waals surface area (Å²) in [6.07, 6.45) is 0. The number of rotatable bonds is 1. The molecule has 1 saturated carbocycles. The molecule has 0 spiro atoms. The molecule has 2 aliphatic rings. The highest BCUT2D eigenvalue weighted by Crippen LogP contribution is 2.56. The van der Waals surface area contributed by atoms with E-state index in [-0.39, 0.29) is 0 Å². The minimum absolute atomic E-state index is 0.652. The first-order valence-electron chi connectivity index (χ1n) is 4.93. The summed E-state index contributed by atoms with van der Waals surface area (Å²) in [4.78, 5) is 0. The molecule has 0 bridgehead atoms. The van der Waals surface area contributed by atoms with Crippen LogP contribution in [0.4, 0.5) is 0 Å². The van der Waals surface area contributed by atoms with Crippen LogP contribution in [0, 0.1) is 11.8 Å². The zero-order valence-electron chi connectivity index (χ0n) is 7.63. The van der Waals surface area contributed by atoms with E-state index in [0.29, 0.717) is 10.0 Å². The number of benzene rings is 1. The summed E-state index contributed by atoms with van der Waals surface area (Å²) in [5, 5.41) is 4.72. The molecule has 1 aliphatic heterocycles. The van der Waals surface area contributed by atoms with E-state index in [4.69, 9.17) is 23.2 Å². The molecule has 3 heteroatoms. The number of hydrogen-bond acceptors (Lipinski definition) is 1. The first-order valence-corrected chi connectivity index (χ1v) is 5.68. The highest BCUT2D eigenvalue weighted by molar-refractivity contribution is 6.42. The molecule has 3 rings (SSSR count). The topological polar surface area (TPSA) is 12.0 Å². The van der Waals surface area contributed by atoms with Gasteiger partial charge in [0, 0.05) is 0 Å². The fourth-order valence-electron chi connectivity index (χ4n) is 2.63. The summed E-state index contributed by atoms with van der Waals surface area (Å²) < 4.78 is 0.